The summed E-state index contributed by atoms with van der Waals surface area (Å²) in [4.78, 5) is 49.0. The highest BCUT2D eigenvalue weighted by atomic mass is 19.1. The monoisotopic (exact) mass is 551 g/mol. The summed E-state index contributed by atoms with van der Waals surface area (Å²) in [6, 6.07) is 13.9. The van der Waals surface area contributed by atoms with Crippen LogP contribution in [0.3, 0.4) is 0 Å². The summed E-state index contributed by atoms with van der Waals surface area (Å²) < 4.78 is 19.8. The number of rotatable bonds is 5. The second kappa shape index (κ2) is 10.6. The number of aromatic nitrogens is 1. The molecule has 0 saturated carbocycles. The van der Waals surface area contributed by atoms with Crippen LogP contribution >= 0.6 is 0 Å². The Morgan fingerprint density at radius 3 is 2.68 bits per heavy atom. The molecule has 206 valence electrons. The Morgan fingerprint density at radius 1 is 1.15 bits per heavy atom. The number of nitrogens with one attached hydrogen (secondary N) is 2. The van der Waals surface area contributed by atoms with Crippen LogP contribution in [0, 0.1) is 17.7 Å². The Kier molecular flexibility index (Phi) is 6.81. The van der Waals surface area contributed by atoms with Crippen molar-refractivity contribution in [3.05, 3.63) is 94.6 Å². The number of aliphatic imine (C=N–C) groups is 1. The number of nitrogens with zero attached hydrogens (tertiary/aromatic N) is 3. The fourth-order valence-electron chi connectivity index (χ4n) is 5.36. The number of pyridine rings is 1. The predicted molar refractivity (Wildman–Crippen MR) is 148 cm³/mol. The fourth-order valence-corrected chi connectivity index (χ4v) is 5.36. The van der Waals surface area contributed by atoms with Gasteiger partial charge in [0.05, 0.1) is 31.9 Å². The van der Waals surface area contributed by atoms with E-state index in [0.717, 1.165) is 5.56 Å². The van der Waals surface area contributed by atoms with Gasteiger partial charge in [-0.3, -0.25) is 29.7 Å². The molecule has 1 aromatic heterocycles. The summed E-state index contributed by atoms with van der Waals surface area (Å²) in [6.45, 7) is 0.266. The zero-order chi connectivity index (χ0) is 28.6. The Bertz CT molecular complexity index is 1640. The number of carbonyl (C=O) groups excluding carboxylic acids is 3. The van der Waals surface area contributed by atoms with Crippen molar-refractivity contribution in [1.82, 2.24) is 20.5 Å². The van der Waals surface area contributed by atoms with Crippen LogP contribution < -0.4 is 15.4 Å². The Morgan fingerprint density at radius 2 is 1.98 bits per heavy atom. The minimum absolute atomic E-state index is 0.0119. The van der Waals surface area contributed by atoms with Gasteiger partial charge >= 0.3 is 0 Å². The van der Waals surface area contributed by atoms with Gasteiger partial charge in [-0.25, -0.2) is 4.39 Å². The van der Waals surface area contributed by atoms with Gasteiger partial charge in [-0.1, -0.05) is 36.1 Å². The number of hydrogen-bond donors (Lipinski definition) is 2. The molecule has 1 saturated heterocycles. The number of methoxy groups -OCH3 is 1. The summed E-state index contributed by atoms with van der Waals surface area (Å²) in [6.07, 6.45) is 4.51. The molecule has 41 heavy (non-hydrogen) atoms. The van der Waals surface area contributed by atoms with Crippen LogP contribution in [0.5, 0.6) is 5.75 Å². The van der Waals surface area contributed by atoms with Gasteiger partial charge in [0.15, 0.2) is 22.9 Å². The lowest BCUT2D eigenvalue weighted by atomic mass is 9.93. The van der Waals surface area contributed by atoms with E-state index in [4.69, 9.17) is 9.73 Å². The topological polar surface area (TPSA) is 113 Å². The van der Waals surface area contributed by atoms with E-state index in [0.29, 0.717) is 35.2 Å². The lowest BCUT2D eigenvalue weighted by Crippen LogP contribution is -2.54. The number of amides is 2. The molecule has 6 rings (SSSR count). The molecule has 1 fully saturated rings. The van der Waals surface area contributed by atoms with Crippen LogP contribution in [0.15, 0.2) is 65.9 Å². The molecule has 4 heterocycles. The quantitative estimate of drug-likeness (QED) is 0.472. The number of benzene rings is 2. The molecule has 3 aromatic rings. The number of ether oxygens (including phenoxy) is 1. The van der Waals surface area contributed by atoms with E-state index in [1.165, 1.54) is 18.1 Å². The molecule has 0 aliphatic carbocycles. The van der Waals surface area contributed by atoms with Gasteiger partial charge in [-0.05, 0) is 41.8 Å². The van der Waals surface area contributed by atoms with Crippen molar-refractivity contribution < 1.29 is 23.5 Å². The smallest absolute Gasteiger partial charge is 0.257 e. The molecular formula is C31H26FN5O4. The highest BCUT2D eigenvalue weighted by Gasteiger charge is 2.45. The van der Waals surface area contributed by atoms with E-state index in [9.17, 15) is 18.8 Å². The molecule has 2 amide bonds. The van der Waals surface area contributed by atoms with Gasteiger partial charge in [0.1, 0.15) is 5.71 Å². The first-order valence-corrected chi connectivity index (χ1v) is 13.2. The Hall–Kier alpha value is -4.88. The van der Waals surface area contributed by atoms with Crippen LogP contribution in [0.1, 0.15) is 51.5 Å². The number of hydrogen-bond acceptors (Lipinski definition) is 7. The van der Waals surface area contributed by atoms with Crippen molar-refractivity contribution in [2.45, 2.75) is 31.0 Å². The number of carbonyl (C=O) groups is 3. The first kappa shape index (κ1) is 26.3. The summed E-state index contributed by atoms with van der Waals surface area (Å²) in [5.74, 6) is 4.42. The molecular weight excluding hydrogens is 525 g/mol. The zero-order valence-electron chi connectivity index (χ0n) is 22.2. The van der Waals surface area contributed by atoms with Crippen molar-refractivity contribution in [2.75, 3.05) is 20.3 Å². The summed E-state index contributed by atoms with van der Waals surface area (Å²) in [7, 11) is 1.34. The van der Waals surface area contributed by atoms with E-state index in [1.54, 1.807) is 42.7 Å². The fraction of sp³-hybridized carbons (Fsp3) is 0.258. The number of ketones is 1. The molecule has 3 aliphatic rings. The molecule has 2 atom stereocenters. The molecule has 2 unspecified atom stereocenters. The van der Waals surface area contributed by atoms with Gasteiger partial charge in [0, 0.05) is 36.5 Å². The third-order valence-electron chi connectivity index (χ3n) is 7.57. The minimum Gasteiger partial charge on any atom is -0.494 e. The number of halogens is 1. The van der Waals surface area contributed by atoms with Gasteiger partial charge in [-0.2, -0.15) is 0 Å². The van der Waals surface area contributed by atoms with Crippen LogP contribution in [-0.4, -0.2) is 59.1 Å². The average molecular weight is 552 g/mol. The van der Waals surface area contributed by atoms with Crippen molar-refractivity contribution in [2.24, 2.45) is 4.99 Å². The second-order valence-electron chi connectivity index (χ2n) is 10.1. The van der Waals surface area contributed by atoms with Crippen molar-refractivity contribution in [3.8, 4) is 17.6 Å². The zero-order valence-corrected chi connectivity index (χ0v) is 22.2. The maximum absolute atomic E-state index is 14.8. The average Bonchev–Trinajstić information content (AvgIpc) is 3.52. The van der Waals surface area contributed by atoms with Crippen LogP contribution in [0.25, 0.3) is 0 Å². The summed E-state index contributed by atoms with van der Waals surface area (Å²) in [5.41, 5.74) is 1.80. The maximum Gasteiger partial charge on any atom is 0.257 e. The molecule has 0 spiro atoms. The van der Waals surface area contributed by atoms with Gasteiger partial charge in [0.25, 0.3) is 11.8 Å². The van der Waals surface area contributed by atoms with E-state index in [2.05, 4.69) is 27.5 Å². The Balaban J connectivity index is 1.23. The lowest BCUT2D eigenvalue weighted by Gasteiger charge is -2.26. The van der Waals surface area contributed by atoms with Crippen LogP contribution in [0.2, 0.25) is 0 Å². The predicted octanol–water partition coefficient (Wildman–Crippen LogP) is 2.55. The first-order chi connectivity index (χ1) is 19.9. The molecule has 10 heteroatoms. The highest BCUT2D eigenvalue weighted by molar-refractivity contribution is 6.46. The lowest BCUT2D eigenvalue weighted by molar-refractivity contribution is -0.122. The summed E-state index contributed by atoms with van der Waals surface area (Å²) in [5, 5.41) is 5.79. The van der Waals surface area contributed by atoms with Crippen LogP contribution in [0.4, 0.5) is 4.39 Å². The molecule has 9 nitrogen and oxygen atoms in total. The third kappa shape index (κ3) is 4.85. The highest BCUT2D eigenvalue weighted by Crippen LogP contribution is 2.32. The standard InChI is InChI=1S/C31H26FN5O4/c1-41-25-11-8-22-16-37(29(39)26(22)27(25)32)17-31(30(40)34-18-35-31)13-12-19-4-6-20(7-5-19)28-24(38)10-9-23(36-28)21-3-2-14-33-15-21/h2-8,11,14-15,23,35H,9-10,16-18H2,1H3,(H,34,40). The largest absolute Gasteiger partial charge is 0.494 e. The third-order valence-corrected chi connectivity index (χ3v) is 7.57. The van der Waals surface area contributed by atoms with Crippen LogP contribution in [-0.2, 0) is 16.1 Å². The van der Waals surface area contributed by atoms with E-state index < -0.39 is 17.3 Å². The van der Waals surface area contributed by atoms with E-state index in [-0.39, 0.29) is 48.8 Å². The van der Waals surface area contributed by atoms with E-state index in [1.807, 2.05) is 12.1 Å². The molecule has 2 N–H and O–H groups in total. The van der Waals surface area contributed by atoms with E-state index >= 15 is 0 Å². The summed E-state index contributed by atoms with van der Waals surface area (Å²) >= 11 is 0. The number of fused-ring (bicyclic) bond motifs is 1. The normalized spacial score (nSPS) is 21.6. The maximum atomic E-state index is 14.8. The second-order valence-corrected chi connectivity index (χ2v) is 10.1. The van der Waals surface area contributed by atoms with Crippen molar-refractivity contribution in [1.29, 1.82) is 0 Å². The SMILES string of the molecule is COc1ccc2c(c1F)C(=O)N(CC1(C#Cc3ccc(C4=NC(c5cccnc5)CCC4=O)cc3)NCNC1=O)C2. The number of Topliss-reactive ketones (excluding diaryl/α,β-unsaturated/α-hetero) is 1. The van der Waals surface area contributed by atoms with Gasteiger partial charge in [0.2, 0.25) is 0 Å². The molecule has 3 aliphatic heterocycles. The van der Waals surface area contributed by atoms with Crippen molar-refractivity contribution >= 4 is 23.3 Å². The Labute approximate surface area is 235 Å². The molecule has 2 aromatic carbocycles. The van der Waals surface area contributed by atoms with Crippen molar-refractivity contribution in [3.63, 3.8) is 0 Å². The minimum atomic E-state index is -1.38. The molecule has 0 radical (unpaired) electrons. The van der Waals surface area contributed by atoms with Gasteiger partial charge < -0.3 is 15.0 Å². The first-order valence-electron chi connectivity index (χ1n) is 13.2. The van der Waals surface area contributed by atoms with Gasteiger partial charge in [-0.15, -0.1) is 0 Å². The molecule has 0 bridgehead atoms.